The van der Waals surface area contributed by atoms with E-state index in [1.807, 2.05) is 0 Å². The summed E-state index contributed by atoms with van der Waals surface area (Å²) in [6.07, 6.45) is 0. The predicted molar refractivity (Wildman–Crippen MR) is 99.2 cm³/mol. The molecule has 146 valence electrons. The maximum atomic E-state index is 11.6. The summed E-state index contributed by atoms with van der Waals surface area (Å²) in [5.74, 6) is -0.338. The number of carbonyl (C=O) groups excluding carboxylic acids is 1. The second-order valence-electron chi connectivity index (χ2n) is 8.01. The number of amides is 1. The van der Waals surface area contributed by atoms with E-state index >= 15 is 0 Å². The van der Waals surface area contributed by atoms with Crippen LogP contribution in [0.4, 0.5) is 0 Å². The average Bonchev–Trinajstić information content (AvgIpc) is 2.23. The fourth-order valence-corrected chi connectivity index (χ4v) is 3.22. The minimum absolute atomic E-state index is 0.122. The number of carbonyl (C=O) groups is 1. The van der Waals surface area contributed by atoms with Gasteiger partial charge in [0.1, 0.15) is 11.8 Å². The predicted octanol–water partition coefficient (Wildman–Crippen LogP) is 1.35. The Morgan fingerprint density at radius 3 is 1.21 bits per heavy atom. The molecule has 0 bridgehead atoms. The van der Waals surface area contributed by atoms with Gasteiger partial charge in [0.2, 0.25) is 5.91 Å². The SMILES string of the molecule is CC(=O)N(C)CS(=O)(=O)C(C)(C)C.CN(C)CS(=O)(=O)C(C)(C)C. The van der Waals surface area contributed by atoms with E-state index < -0.39 is 29.2 Å². The van der Waals surface area contributed by atoms with Gasteiger partial charge >= 0.3 is 0 Å². The zero-order valence-corrected chi connectivity index (χ0v) is 18.3. The van der Waals surface area contributed by atoms with E-state index in [4.69, 9.17) is 0 Å². The lowest BCUT2D eigenvalue weighted by atomic mass is 10.3. The molecule has 0 atom stereocenters. The van der Waals surface area contributed by atoms with Gasteiger partial charge in [-0.05, 0) is 55.6 Å². The highest BCUT2D eigenvalue weighted by Crippen LogP contribution is 2.16. The van der Waals surface area contributed by atoms with Gasteiger partial charge in [0, 0.05) is 14.0 Å². The number of sulfone groups is 2. The summed E-state index contributed by atoms with van der Waals surface area (Å²) in [5, 5.41) is 0. The molecule has 24 heavy (non-hydrogen) atoms. The van der Waals surface area contributed by atoms with Gasteiger partial charge in [0.15, 0.2) is 19.7 Å². The third-order valence-corrected chi connectivity index (χ3v) is 8.51. The van der Waals surface area contributed by atoms with Crippen molar-refractivity contribution in [3.8, 4) is 0 Å². The van der Waals surface area contributed by atoms with Crippen LogP contribution in [0.5, 0.6) is 0 Å². The zero-order chi connectivity index (χ0) is 20.1. The van der Waals surface area contributed by atoms with Crippen molar-refractivity contribution in [2.45, 2.75) is 58.0 Å². The van der Waals surface area contributed by atoms with Crippen molar-refractivity contribution in [2.24, 2.45) is 0 Å². The molecular formula is C15H34N2O5S2. The molecule has 1 amide bonds. The normalized spacial score (nSPS) is 13.3. The molecule has 0 N–H and O–H groups in total. The maximum absolute atomic E-state index is 11.6. The molecule has 0 heterocycles. The Morgan fingerprint density at radius 2 is 1.04 bits per heavy atom. The molecular weight excluding hydrogens is 352 g/mol. The van der Waals surface area contributed by atoms with E-state index in [9.17, 15) is 21.6 Å². The van der Waals surface area contributed by atoms with E-state index in [1.54, 1.807) is 60.5 Å². The molecule has 0 aliphatic heterocycles. The van der Waals surface area contributed by atoms with Crippen molar-refractivity contribution in [1.82, 2.24) is 9.80 Å². The van der Waals surface area contributed by atoms with E-state index in [1.165, 1.54) is 18.9 Å². The van der Waals surface area contributed by atoms with Crippen molar-refractivity contribution < 1.29 is 21.6 Å². The molecule has 9 heteroatoms. The van der Waals surface area contributed by atoms with E-state index in [2.05, 4.69) is 0 Å². The Morgan fingerprint density at radius 1 is 0.750 bits per heavy atom. The number of rotatable bonds is 4. The minimum atomic E-state index is -3.24. The van der Waals surface area contributed by atoms with E-state index in [0.29, 0.717) is 0 Å². The van der Waals surface area contributed by atoms with Gasteiger partial charge in [0.25, 0.3) is 0 Å². The van der Waals surface area contributed by atoms with Crippen LogP contribution >= 0.6 is 0 Å². The number of hydrogen-bond donors (Lipinski definition) is 0. The van der Waals surface area contributed by atoms with E-state index in [0.717, 1.165) is 0 Å². The van der Waals surface area contributed by atoms with Crippen molar-refractivity contribution in [3.63, 3.8) is 0 Å². The van der Waals surface area contributed by atoms with Crippen LogP contribution in [0.3, 0.4) is 0 Å². The molecule has 0 aliphatic carbocycles. The Kier molecular flexibility index (Phi) is 9.18. The summed E-state index contributed by atoms with van der Waals surface area (Å²) in [5.41, 5.74) is 0. The summed E-state index contributed by atoms with van der Waals surface area (Å²) in [4.78, 5) is 13.7. The first kappa shape index (κ1) is 25.6. The fourth-order valence-electron chi connectivity index (χ4n) is 1.07. The van der Waals surface area contributed by atoms with E-state index in [-0.39, 0.29) is 17.7 Å². The van der Waals surface area contributed by atoms with Crippen molar-refractivity contribution in [2.75, 3.05) is 32.9 Å². The molecule has 0 saturated heterocycles. The summed E-state index contributed by atoms with van der Waals surface area (Å²) >= 11 is 0. The molecule has 0 aromatic heterocycles. The summed E-state index contributed by atoms with van der Waals surface area (Å²) in [6.45, 7) is 11.4. The molecule has 0 aliphatic rings. The molecule has 0 rings (SSSR count). The minimum Gasteiger partial charge on any atom is -0.332 e. The molecule has 7 nitrogen and oxygen atoms in total. The summed E-state index contributed by atoms with van der Waals surface area (Å²) in [6, 6.07) is 0. The smallest absolute Gasteiger partial charge is 0.220 e. The maximum Gasteiger partial charge on any atom is 0.220 e. The Labute approximate surface area is 148 Å². The van der Waals surface area contributed by atoms with Gasteiger partial charge < -0.3 is 4.90 Å². The van der Waals surface area contributed by atoms with Crippen LogP contribution in [0.15, 0.2) is 0 Å². The lowest BCUT2D eigenvalue weighted by molar-refractivity contribution is -0.126. The Bertz CT molecular complexity index is 609. The number of nitrogens with zero attached hydrogens (tertiary/aromatic N) is 2. The second-order valence-corrected chi connectivity index (χ2v) is 13.4. The first-order valence-corrected chi connectivity index (χ1v) is 10.9. The van der Waals surface area contributed by atoms with Gasteiger partial charge in [0.05, 0.1) is 9.49 Å². The average molecular weight is 387 g/mol. The Hall–Kier alpha value is -0.670. The lowest BCUT2D eigenvalue weighted by Gasteiger charge is -2.23. The molecule has 0 spiro atoms. The lowest BCUT2D eigenvalue weighted by Crippen LogP contribution is -2.39. The molecule has 0 unspecified atom stereocenters. The van der Waals surface area contributed by atoms with Gasteiger partial charge in [-0.1, -0.05) is 0 Å². The first-order chi connectivity index (χ1) is 10.2. The molecule has 0 fully saturated rings. The molecule has 0 radical (unpaired) electrons. The van der Waals surface area contributed by atoms with Gasteiger partial charge in [-0.25, -0.2) is 16.8 Å². The van der Waals surface area contributed by atoms with Crippen LogP contribution < -0.4 is 0 Å². The quantitative estimate of drug-likeness (QED) is 0.724. The summed E-state index contributed by atoms with van der Waals surface area (Å²) < 4.78 is 44.5. The molecule has 0 saturated carbocycles. The first-order valence-electron chi connectivity index (χ1n) is 7.55. The monoisotopic (exact) mass is 386 g/mol. The highest BCUT2D eigenvalue weighted by atomic mass is 32.2. The third kappa shape index (κ3) is 8.98. The largest absolute Gasteiger partial charge is 0.332 e. The van der Waals surface area contributed by atoms with Gasteiger partial charge in [-0.3, -0.25) is 9.69 Å². The van der Waals surface area contributed by atoms with Crippen LogP contribution in [0.1, 0.15) is 48.5 Å². The van der Waals surface area contributed by atoms with Crippen molar-refractivity contribution in [1.29, 1.82) is 0 Å². The topological polar surface area (TPSA) is 91.8 Å². The number of hydrogen-bond acceptors (Lipinski definition) is 6. The van der Waals surface area contributed by atoms with Crippen LogP contribution in [0.25, 0.3) is 0 Å². The fraction of sp³-hybridized carbons (Fsp3) is 0.933. The second kappa shape index (κ2) is 8.62. The zero-order valence-electron chi connectivity index (χ0n) is 16.7. The molecule has 0 aromatic carbocycles. The van der Waals surface area contributed by atoms with Crippen molar-refractivity contribution >= 4 is 25.6 Å². The molecule has 0 aromatic rings. The third-order valence-electron chi connectivity index (χ3n) is 3.20. The van der Waals surface area contributed by atoms with Crippen molar-refractivity contribution in [3.05, 3.63) is 0 Å². The Balaban J connectivity index is 0. The van der Waals surface area contributed by atoms with Crippen LogP contribution in [-0.4, -0.2) is 74.9 Å². The highest BCUT2D eigenvalue weighted by Gasteiger charge is 2.30. The van der Waals surface area contributed by atoms with Crippen LogP contribution in [-0.2, 0) is 24.5 Å². The van der Waals surface area contributed by atoms with Gasteiger partial charge in [-0.2, -0.15) is 0 Å². The van der Waals surface area contributed by atoms with Crippen LogP contribution in [0, 0.1) is 0 Å². The standard InChI is InChI=1S/C8H17NO3S.C7H17NO2S/c1-7(10)9(5)6-13(11,12)8(2,3)4;1-7(2,3)11(9,10)6-8(4)5/h6H2,1-5H3;6H2,1-5H3. The highest BCUT2D eigenvalue weighted by molar-refractivity contribution is 7.92. The van der Waals surface area contributed by atoms with Gasteiger partial charge in [-0.15, -0.1) is 0 Å². The van der Waals surface area contributed by atoms with Crippen LogP contribution in [0.2, 0.25) is 0 Å². The summed E-state index contributed by atoms with van der Waals surface area (Å²) in [7, 11) is -1.22.